The van der Waals surface area contributed by atoms with Gasteiger partial charge < -0.3 is 10.1 Å². The van der Waals surface area contributed by atoms with Crippen LogP contribution < -0.4 is 5.32 Å². The molecule has 1 saturated carbocycles. The van der Waals surface area contributed by atoms with E-state index in [2.05, 4.69) is 20.4 Å². The van der Waals surface area contributed by atoms with Crippen molar-refractivity contribution in [3.8, 4) is 0 Å². The first-order valence-electron chi connectivity index (χ1n) is 8.69. The maximum Gasteiger partial charge on any atom is 0.306 e. The van der Waals surface area contributed by atoms with Gasteiger partial charge in [0.2, 0.25) is 0 Å². The number of aromatic nitrogens is 4. The lowest BCUT2D eigenvalue weighted by Gasteiger charge is -2.37. The fourth-order valence-electron chi connectivity index (χ4n) is 3.57. The molecule has 0 spiro atoms. The summed E-state index contributed by atoms with van der Waals surface area (Å²) in [5.74, 6) is 1.35. The number of carbonyl (C=O) groups is 1. The van der Waals surface area contributed by atoms with E-state index in [1.54, 1.807) is 4.52 Å². The molecular weight excluding hydrogens is 306 g/mol. The zero-order valence-electron chi connectivity index (χ0n) is 14.4. The van der Waals surface area contributed by atoms with E-state index in [1.807, 2.05) is 19.9 Å². The summed E-state index contributed by atoms with van der Waals surface area (Å²) >= 11 is 0. The Balaban J connectivity index is 1.77. The van der Waals surface area contributed by atoms with Gasteiger partial charge in [-0.1, -0.05) is 19.3 Å². The van der Waals surface area contributed by atoms with Crippen molar-refractivity contribution in [1.82, 2.24) is 19.6 Å². The first-order valence-corrected chi connectivity index (χ1v) is 8.69. The van der Waals surface area contributed by atoms with Crippen molar-refractivity contribution in [1.29, 1.82) is 0 Å². The molecule has 0 amide bonds. The largest absolute Gasteiger partial charge is 0.466 e. The minimum absolute atomic E-state index is 0.0470. The Morgan fingerprint density at radius 1 is 1.38 bits per heavy atom. The van der Waals surface area contributed by atoms with Crippen LogP contribution in [0, 0.1) is 12.3 Å². The quantitative estimate of drug-likeness (QED) is 0.820. The summed E-state index contributed by atoms with van der Waals surface area (Å²) in [7, 11) is 0. The number of esters is 1. The molecule has 2 heterocycles. The highest BCUT2D eigenvalue weighted by molar-refractivity contribution is 5.70. The second-order valence-corrected chi connectivity index (χ2v) is 6.65. The second-order valence-electron chi connectivity index (χ2n) is 6.65. The summed E-state index contributed by atoms with van der Waals surface area (Å²) in [4.78, 5) is 20.6. The van der Waals surface area contributed by atoms with Crippen LogP contribution in [-0.4, -0.2) is 38.7 Å². The molecule has 0 bridgehead atoms. The smallest absolute Gasteiger partial charge is 0.306 e. The Morgan fingerprint density at radius 2 is 2.17 bits per heavy atom. The van der Waals surface area contributed by atoms with Crippen LogP contribution in [0.15, 0.2) is 12.4 Å². The Morgan fingerprint density at radius 3 is 2.92 bits per heavy atom. The molecular formula is C17H25N5O2. The third-order valence-corrected chi connectivity index (χ3v) is 4.76. The summed E-state index contributed by atoms with van der Waals surface area (Å²) in [5.41, 5.74) is 0.843. The number of anilines is 1. The van der Waals surface area contributed by atoms with Gasteiger partial charge in [0, 0.05) is 18.3 Å². The van der Waals surface area contributed by atoms with Crippen molar-refractivity contribution in [2.45, 2.75) is 52.4 Å². The summed E-state index contributed by atoms with van der Waals surface area (Å²) in [5, 5.41) is 7.71. The molecule has 1 N–H and O–H groups in total. The topological polar surface area (TPSA) is 81.4 Å². The predicted octanol–water partition coefficient (Wildman–Crippen LogP) is 2.75. The maximum absolute atomic E-state index is 12.1. The van der Waals surface area contributed by atoms with E-state index >= 15 is 0 Å². The van der Waals surface area contributed by atoms with Crippen molar-refractivity contribution in [2.24, 2.45) is 5.41 Å². The number of hydrogen-bond acceptors (Lipinski definition) is 6. The van der Waals surface area contributed by atoms with Crippen molar-refractivity contribution in [2.75, 3.05) is 18.5 Å². The predicted molar refractivity (Wildman–Crippen MR) is 90.8 cm³/mol. The SMILES string of the molecule is CCOC(=O)CC1(CNc2cc(C)nc3ncnn23)CCCCC1. The third kappa shape index (κ3) is 3.66. The van der Waals surface area contributed by atoms with Crippen molar-refractivity contribution < 1.29 is 9.53 Å². The molecule has 1 aliphatic rings. The molecule has 0 aromatic carbocycles. The lowest BCUT2D eigenvalue weighted by Crippen LogP contribution is -2.35. The van der Waals surface area contributed by atoms with Gasteiger partial charge in [-0.05, 0) is 32.1 Å². The molecule has 7 nitrogen and oxygen atoms in total. The van der Waals surface area contributed by atoms with Crippen molar-refractivity contribution in [3.05, 3.63) is 18.1 Å². The molecule has 1 aliphatic carbocycles. The normalized spacial score (nSPS) is 16.9. The number of hydrogen-bond donors (Lipinski definition) is 1. The molecule has 1 fully saturated rings. The molecule has 3 rings (SSSR count). The number of fused-ring (bicyclic) bond motifs is 1. The van der Waals surface area contributed by atoms with Crippen LogP contribution in [0.1, 0.15) is 51.1 Å². The van der Waals surface area contributed by atoms with Gasteiger partial charge >= 0.3 is 5.97 Å². The minimum atomic E-state index is -0.0991. The van der Waals surface area contributed by atoms with E-state index in [0.29, 0.717) is 18.8 Å². The van der Waals surface area contributed by atoms with Crippen LogP contribution in [0.4, 0.5) is 5.82 Å². The van der Waals surface area contributed by atoms with Gasteiger partial charge in [-0.25, -0.2) is 4.98 Å². The number of nitrogens with zero attached hydrogens (tertiary/aromatic N) is 4. The van der Waals surface area contributed by atoms with Gasteiger partial charge in [0.1, 0.15) is 12.1 Å². The highest BCUT2D eigenvalue weighted by Crippen LogP contribution is 2.39. The van der Waals surface area contributed by atoms with Crippen LogP contribution in [0.5, 0.6) is 0 Å². The molecule has 24 heavy (non-hydrogen) atoms. The monoisotopic (exact) mass is 331 g/mol. The van der Waals surface area contributed by atoms with Gasteiger partial charge in [-0.2, -0.15) is 14.6 Å². The first kappa shape index (κ1) is 16.7. The Kier molecular flexibility index (Phi) is 4.97. The molecule has 0 aliphatic heterocycles. The van der Waals surface area contributed by atoms with E-state index in [9.17, 15) is 4.79 Å². The lowest BCUT2D eigenvalue weighted by atomic mass is 9.71. The van der Waals surface area contributed by atoms with Gasteiger partial charge in [0.05, 0.1) is 13.0 Å². The fourth-order valence-corrected chi connectivity index (χ4v) is 3.57. The number of carbonyl (C=O) groups excluding carboxylic acids is 1. The molecule has 0 unspecified atom stereocenters. The maximum atomic E-state index is 12.1. The molecule has 130 valence electrons. The zero-order valence-corrected chi connectivity index (χ0v) is 14.4. The van der Waals surface area contributed by atoms with E-state index < -0.39 is 0 Å². The standard InChI is InChI=1S/C17H25N5O2/c1-3-24-15(23)10-17(7-5-4-6-8-17)11-18-14-9-13(2)21-16-19-12-20-22(14)16/h9,12,18H,3-8,10-11H2,1-2H3. The Bertz CT molecular complexity index is 706. The summed E-state index contributed by atoms with van der Waals surface area (Å²) < 4.78 is 6.90. The van der Waals surface area contributed by atoms with E-state index in [4.69, 9.17) is 4.74 Å². The van der Waals surface area contributed by atoms with Gasteiger partial charge in [-0.3, -0.25) is 4.79 Å². The summed E-state index contributed by atoms with van der Waals surface area (Å²) in [6.45, 7) is 4.95. The second kappa shape index (κ2) is 7.15. The Labute approximate surface area is 141 Å². The van der Waals surface area contributed by atoms with Crippen LogP contribution in [0.25, 0.3) is 5.78 Å². The molecule has 0 saturated heterocycles. The zero-order chi connectivity index (χ0) is 17.0. The number of rotatable bonds is 6. The van der Waals surface area contributed by atoms with Gasteiger partial charge in [0.15, 0.2) is 0 Å². The highest BCUT2D eigenvalue weighted by Gasteiger charge is 2.35. The van der Waals surface area contributed by atoms with E-state index in [1.165, 1.54) is 12.7 Å². The minimum Gasteiger partial charge on any atom is -0.466 e. The number of ether oxygens (including phenoxy) is 1. The highest BCUT2D eigenvalue weighted by atomic mass is 16.5. The Hall–Kier alpha value is -2.18. The fraction of sp³-hybridized carbons (Fsp3) is 0.647. The third-order valence-electron chi connectivity index (χ3n) is 4.76. The van der Waals surface area contributed by atoms with Crippen LogP contribution in [0.3, 0.4) is 0 Å². The van der Waals surface area contributed by atoms with Crippen LogP contribution in [0.2, 0.25) is 0 Å². The number of aryl methyl sites for hydroxylation is 1. The molecule has 2 aromatic rings. The van der Waals surface area contributed by atoms with Crippen LogP contribution in [-0.2, 0) is 9.53 Å². The van der Waals surface area contributed by atoms with Crippen molar-refractivity contribution in [3.63, 3.8) is 0 Å². The average molecular weight is 331 g/mol. The van der Waals surface area contributed by atoms with Gasteiger partial charge in [0.25, 0.3) is 5.78 Å². The van der Waals surface area contributed by atoms with Crippen LogP contribution >= 0.6 is 0 Å². The lowest BCUT2D eigenvalue weighted by molar-refractivity contribution is -0.146. The van der Waals surface area contributed by atoms with Gasteiger partial charge in [-0.15, -0.1) is 0 Å². The molecule has 2 aromatic heterocycles. The molecule has 0 atom stereocenters. The summed E-state index contributed by atoms with van der Waals surface area (Å²) in [6, 6.07) is 1.96. The molecule has 0 radical (unpaired) electrons. The van der Waals surface area contributed by atoms with E-state index in [0.717, 1.165) is 43.7 Å². The average Bonchev–Trinajstić information content (AvgIpc) is 3.02. The van der Waals surface area contributed by atoms with E-state index in [-0.39, 0.29) is 11.4 Å². The number of nitrogens with one attached hydrogen (secondary N) is 1. The first-order chi connectivity index (χ1) is 11.6. The summed E-state index contributed by atoms with van der Waals surface area (Å²) in [6.07, 6.45) is 7.63. The molecule has 7 heteroatoms. The van der Waals surface area contributed by atoms with Crippen molar-refractivity contribution >= 4 is 17.6 Å².